The lowest BCUT2D eigenvalue weighted by atomic mass is 10.0. The summed E-state index contributed by atoms with van der Waals surface area (Å²) in [5.41, 5.74) is 6.12. The van der Waals surface area contributed by atoms with E-state index < -0.39 is 86.2 Å². The van der Waals surface area contributed by atoms with Crippen LogP contribution in [0.4, 0.5) is 0 Å². The number of carboxylic acid groups (broad SMARTS) is 1. The van der Waals surface area contributed by atoms with Crippen molar-refractivity contribution in [1.29, 1.82) is 0 Å². The van der Waals surface area contributed by atoms with Crippen molar-refractivity contribution in [2.75, 3.05) is 26.4 Å². The molecule has 4 amide bonds. The highest BCUT2D eigenvalue weighted by Gasteiger charge is 2.31. The number of nitrogens with two attached hydrogens (primary N) is 1. The number of aliphatic hydroxyl groups excluding tert-OH is 4. The summed E-state index contributed by atoms with van der Waals surface area (Å²) in [6.07, 6.45) is -0.0320. The molecule has 0 aliphatic rings. The lowest BCUT2D eigenvalue weighted by molar-refractivity contribution is -0.143. The molecule has 36 heavy (non-hydrogen) atoms. The highest BCUT2D eigenvalue weighted by atomic mass is 16.4. The van der Waals surface area contributed by atoms with Crippen LogP contribution in [-0.4, -0.2) is 112 Å². The Bertz CT molecular complexity index is 900. The van der Waals surface area contributed by atoms with E-state index in [1.807, 2.05) is 5.32 Å². The summed E-state index contributed by atoms with van der Waals surface area (Å²) in [7, 11) is 0. The monoisotopic (exact) mass is 513 g/mol. The van der Waals surface area contributed by atoms with Crippen molar-refractivity contribution in [1.82, 2.24) is 21.3 Å². The Balaban J connectivity index is 2.94. The summed E-state index contributed by atoms with van der Waals surface area (Å²) in [6.45, 7) is -3.53. The summed E-state index contributed by atoms with van der Waals surface area (Å²) in [5.74, 6) is -5.53. The van der Waals surface area contributed by atoms with Crippen molar-refractivity contribution < 1.29 is 49.5 Å². The molecule has 5 atom stereocenters. The Morgan fingerprint density at radius 1 is 0.639 bits per heavy atom. The molecule has 15 heteroatoms. The second kappa shape index (κ2) is 15.4. The first kappa shape index (κ1) is 30.4. The van der Waals surface area contributed by atoms with Crippen LogP contribution in [0.1, 0.15) is 5.56 Å². The molecule has 0 aliphatic heterocycles. The molecule has 0 saturated carbocycles. The third-order valence-corrected chi connectivity index (χ3v) is 4.88. The summed E-state index contributed by atoms with van der Waals surface area (Å²) >= 11 is 0. The van der Waals surface area contributed by atoms with Gasteiger partial charge in [-0.2, -0.15) is 0 Å². The molecule has 1 rings (SSSR count). The molecule has 0 unspecified atom stereocenters. The number of hydrogen-bond acceptors (Lipinski definition) is 10. The van der Waals surface area contributed by atoms with E-state index in [0.717, 1.165) is 0 Å². The van der Waals surface area contributed by atoms with Crippen LogP contribution in [0.15, 0.2) is 30.3 Å². The van der Waals surface area contributed by atoms with Gasteiger partial charge in [0.05, 0.1) is 26.4 Å². The van der Waals surface area contributed by atoms with Crippen LogP contribution < -0.4 is 27.0 Å². The number of aliphatic hydroxyl groups is 4. The van der Waals surface area contributed by atoms with Crippen LogP contribution in [0.5, 0.6) is 0 Å². The number of benzene rings is 1. The highest BCUT2D eigenvalue weighted by molar-refractivity contribution is 5.95. The number of aliphatic carboxylic acids is 1. The van der Waals surface area contributed by atoms with E-state index in [0.29, 0.717) is 5.56 Å². The standard InChI is InChI=1S/C21H31N5O10/c22-12(7-27)17(31)23-13(6-11-4-2-1-3-5-11)18(32)24-14(8-28)19(33)25-15(9-29)20(34)26-16(10-30)21(35)36/h1-5,12-16,27-30H,6-10,22H2,(H,23,31)(H,24,32)(H,25,33)(H,26,34)(H,35,36)/t12-,13-,14-,15-,16-/m0/s1. The van der Waals surface area contributed by atoms with E-state index >= 15 is 0 Å². The van der Waals surface area contributed by atoms with E-state index in [1.54, 1.807) is 30.3 Å². The largest absolute Gasteiger partial charge is 0.480 e. The number of carbonyl (C=O) groups is 5. The molecule has 200 valence electrons. The molecule has 11 N–H and O–H groups in total. The Labute approximate surface area is 205 Å². The van der Waals surface area contributed by atoms with Gasteiger partial charge in [-0.3, -0.25) is 19.2 Å². The first-order chi connectivity index (χ1) is 17.1. The molecule has 1 aromatic carbocycles. The summed E-state index contributed by atoms with van der Waals surface area (Å²) in [5, 5.41) is 54.6. The molecule has 0 aromatic heterocycles. The number of carboxylic acids is 1. The molecular formula is C21H31N5O10. The van der Waals surface area contributed by atoms with Crippen LogP contribution in [-0.2, 0) is 30.4 Å². The van der Waals surface area contributed by atoms with Gasteiger partial charge in [0.1, 0.15) is 30.2 Å². The van der Waals surface area contributed by atoms with E-state index in [2.05, 4.69) is 16.0 Å². The minimum atomic E-state index is -1.69. The lowest BCUT2D eigenvalue weighted by Gasteiger charge is -2.25. The Kier molecular flexibility index (Phi) is 13.0. The average molecular weight is 514 g/mol. The van der Waals surface area contributed by atoms with Crippen LogP contribution in [0, 0.1) is 0 Å². The maximum atomic E-state index is 12.9. The van der Waals surface area contributed by atoms with Gasteiger partial charge >= 0.3 is 5.97 Å². The zero-order valence-corrected chi connectivity index (χ0v) is 19.2. The van der Waals surface area contributed by atoms with Crippen LogP contribution in [0.3, 0.4) is 0 Å². The van der Waals surface area contributed by atoms with E-state index in [1.165, 1.54) is 0 Å². The van der Waals surface area contributed by atoms with Crippen molar-refractivity contribution >= 4 is 29.6 Å². The molecule has 0 heterocycles. The van der Waals surface area contributed by atoms with E-state index in [4.69, 9.17) is 21.1 Å². The maximum Gasteiger partial charge on any atom is 0.328 e. The number of hydrogen-bond donors (Lipinski definition) is 10. The third kappa shape index (κ3) is 9.55. The number of nitrogens with one attached hydrogen (secondary N) is 4. The summed E-state index contributed by atoms with van der Waals surface area (Å²) in [6, 6.07) is 0.909. The van der Waals surface area contributed by atoms with Crippen molar-refractivity contribution in [3.63, 3.8) is 0 Å². The minimum absolute atomic E-state index is 0.0320. The fourth-order valence-corrected chi connectivity index (χ4v) is 2.81. The smallest absolute Gasteiger partial charge is 0.328 e. The Morgan fingerprint density at radius 3 is 1.47 bits per heavy atom. The molecule has 0 spiro atoms. The molecule has 0 bridgehead atoms. The highest BCUT2D eigenvalue weighted by Crippen LogP contribution is 2.05. The predicted molar refractivity (Wildman–Crippen MR) is 122 cm³/mol. The van der Waals surface area contributed by atoms with Gasteiger partial charge in [-0.05, 0) is 5.56 Å². The fraction of sp³-hybridized carbons (Fsp3) is 0.476. The summed E-state index contributed by atoms with van der Waals surface area (Å²) in [4.78, 5) is 60.7. The van der Waals surface area contributed by atoms with E-state index in [-0.39, 0.29) is 6.42 Å². The zero-order chi connectivity index (χ0) is 27.3. The number of carbonyl (C=O) groups excluding carboxylic acids is 4. The second-order valence-corrected chi connectivity index (χ2v) is 7.61. The van der Waals surface area contributed by atoms with Gasteiger partial charge in [-0.15, -0.1) is 0 Å². The third-order valence-electron chi connectivity index (χ3n) is 4.88. The molecule has 0 fully saturated rings. The topological polar surface area (TPSA) is 261 Å². The average Bonchev–Trinajstić information content (AvgIpc) is 2.87. The van der Waals surface area contributed by atoms with Crippen LogP contribution in [0.25, 0.3) is 0 Å². The lowest BCUT2D eigenvalue weighted by Crippen LogP contribution is -2.60. The van der Waals surface area contributed by atoms with Crippen molar-refractivity contribution in [3.05, 3.63) is 35.9 Å². The van der Waals surface area contributed by atoms with Gasteiger partial charge in [-0.25, -0.2) is 4.79 Å². The summed E-state index contributed by atoms with van der Waals surface area (Å²) < 4.78 is 0. The molecular weight excluding hydrogens is 482 g/mol. The van der Waals surface area contributed by atoms with Crippen molar-refractivity contribution in [2.45, 2.75) is 36.6 Å². The minimum Gasteiger partial charge on any atom is -0.480 e. The molecule has 0 aliphatic carbocycles. The SMILES string of the molecule is N[C@@H](CO)C(=O)N[C@@H](Cc1ccccc1)C(=O)N[C@@H](CO)C(=O)N[C@@H](CO)C(=O)N[C@@H](CO)C(=O)O. The molecule has 0 saturated heterocycles. The van der Waals surface area contributed by atoms with Crippen molar-refractivity contribution in [3.8, 4) is 0 Å². The maximum absolute atomic E-state index is 12.9. The molecule has 0 radical (unpaired) electrons. The van der Waals surface area contributed by atoms with Gasteiger partial charge < -0.3 is 52.5 Å². The van der Waals surface area contributed by atoms with Gasteiger partial charge in [0.25, 0.3) is 0 Å². The first-order valence-electron chi connectivity index (χ1n) is 10.7. The quantitative estimate of drug-likeness (QED) is 0.106. The van der Waals surface area contributed by atoms with Crippen LogP contribution in [0.2, 0.25) is 0 Å². The fourth-order valence-electron chi connectivity index (χ4n) is 2.81. The Hall–Kier alpha value is -3.63. The van der Waals surface area contributed by atoms with Gasteiger partial charge in [-0.1, -0.05) is 30.3 Å². The number of rotatable bonds is 15. The predicted octanol–water partition coefficient (Wildman–Crippen LogP) is -5.45. The van der Waals surface area contributed by atoms with Gasteiger partial charge in [0, 0.05) is 6.42 Å². The zero-order valence-electron chi connectivity index (χ0n) is 19.2. The van der Waals surface area contributed by atoms with Gasteiger partial charge in [0.15, 0.2) is 0 Å². The van der Waals surface area contributed by atoms with Gasteiger partial charge in [0.2, 0.25) is 23.6 Å². The van der Waals surface area contributed by atoms with Crippen LogP contribution >= 0.6 is 0 Å². The number of amides is 4. The van der Waals surface area contributed by atoms with Crippen molar-refractivity contribution in [2.24, 2.45) is 5.73 Å². The normalized spacial score (nSPS) is 14.9. The first-order valence-corrected chi connectivity index (χ1v) is 10.7. The Morgan fingerprint density at radius 2 is 1.06 bits per heavy atom. The molecule has 15 nitrogen and oxygen atoms in total. The van der Waals surface area contributed by atoms with E-state index in [9.17, 15) is 34.2 Å². The molecule has 1 aromatic rings. The second-order valence-electron chi connectivity index (χ2n) is 7.61.